The van der Waals surface area contributed by atoms with E-state index in [1.807, 2.05) is 0 Å². The first-order valence-corrected chi connectivity index (χ1v) is 16.9. The van der Waals surface area contributed by atoms with E-state index < -0.39 is 54.8 Å². The Labute approximate surface area is 260 Å². The summed E-state index contributed by atoms with van der Waals surface area (Å²) in [6.45, 7) is 6.20. The number of ketones is 1. The third kappa shape index (κ3) is 5.61. The first kappa shape index (κ1) is 33.2. The molecule has 2 aliphatic heterocycles. The van der Waals surface area contributed by atoms with Gasteiger partial charge in [0, 0.05) is 24.2 Å². The zero-order valence-electron chi connectivity index (χ0n) is 26.4. The fourth-order valence-electron chi connectivity index (χ4n) is 10.7. The minimum Gasteiger partial charge on any atom is -0.390 e. The normalized spacial score (nSPS) is 54.2. The molecule has 0 spiro atoms. The van der Waals surface area contributed by atoms with Crippen LogP contribution in [0.3, 0.4) is 0 Å². The van der Waals surface area contributed by atoms with Crippen molar-refractivity contribution < 1.29 is 54.4 Å². The molecule has 6 rings (SSSR count). The number of ether oxygens (including phenoxy) is 4. The lowest BCUT2D eigenvalue weighted by Crippen LogP contribution is -2.62. The van der Waals surface area contributed by atoms with Crippen LogP contribution in [-0.4, -0.2) is 111 Å². The van der Waals surface area contributed by atoms with E-state index in [2.05, 4.69) is 13.8 Å². The molecule has 16 atom stereocenters. The van der Waals surface area contributed by atoms with Gasteiger partial charge in [0.1, 0.15) is 30.2 Å². The summed E-state index contributed by atoms with van der Waals surface area (Å²) in [7, 11) is 0. The van der Waals surface area contributed by atoms with Crippen LogP contribution in [-0.2, 0) is 23.7 Å². The van der Waals surface area contributed by atoms with Crippen molar-refractivity contribution in [2.45, 2.75) is 152 Å². The van der Waals surface area contributed by atoms with Crippen molar-refractivity contribution in [3.05, 3.63) is 0 Å². The average Bonchev–Trinajstić information content (AvgIpc) is 3.26. The van der Waals surface area contributed by atoms with E-state index in [1.54, 1.807) is 6.92 Å². The second-order valence-electron chi connectivity index (χ2n) is 15.5. The van der Waals surface area contributed by atoms with E-state index in [1.165, 1.54) is 0 Å². The van der Waals surface area contributed by atoms with Crippen LogP contribution < -0.4 is 0 Å². The van der Waals surface area contributed by atoms with Crippen molar-refractivity contribution in [1.82, 2.24) is 0 Å². The van der Waals surface area contributed by atoms with E-state index in [0.29, 0.717) is 11.8 Å². The van der Waals surface area contributed by atoms with Crippen LogP contribution in [0.15, 0.2) is 0 Å². The summed E-state index contributed by atoms with van der Waals surface area (Å²) in [4.78, 5) is 12.5. The molecule has 0 aromatic heterocycles. The van der Waals surface area contributed by atoms with Crippen molar-refractivity contribution in [3.63, 3.8) is 0 Å². The standard InChI is InChI=1S/C33H54O11/c1-17(34)20-8-11-33(40)22-5-4-18-12-19(6-9-31(18,2)21(22)7-10-32(20,33)3)41-15-26-30(39)24(36)14-28(44-26)42-16-25-29(38)23(35)13-27(37)43-25/h18-30,35-40H,4-16H2,1-3H3/t18-,19-,20+,21-,22+,23+,24+,25-,26-,27-,28-,29+,30+,31-,32+,33+/m0/s1. The summed E-state index contributed by atoms with van der Waals surface area (Å²) in [5.74, 6) is 1.29. The number of aliphatic hydroxyl groups excluding tert-OH is 5. The first-order chi connectivity index (χ1) is 20.8. The molecule has 2 saturated heterocycles. The molecule has 4 saturated carbocycles. The van der Waals surface area contributed by atoms with Crippen LogP contribution in [0.1, 0.15) is 91.4 Å². The monoisotopic (exact) mass is 626 g/mol. The number of carbonyl (C=O) groups is 1. The van der Waals surface area contributed by atoms with Crippen molar-refractivity contribution in [1.29, 1.82) is 0 Å². The van der Waals surface area contributed by atoms with Gasteiger partial charge in [0.2, 0.25) is 0 Å². The highest BCUT2D eigenvalue weighted by Gasteiger charge is 2.67. The molecule has 0 unspecified atom stereocenters. The van der Waals surface area contributed by atoms with Crippen molar-refractivity contribution in [3.8, 4) is 0 Å². The van der Waals surface area contributed by atoms with E-state index in [-0.39, 0.29) is 60.6 Å². The van der Waals surface area contributed by atoms with Gasteiger partial charge >= 0.3 is 0 Å². The first-order valence-electron chi connectivity index (χ1n) is 16.9. The molecule has 6 aliphatic rings. The zero-order valence-corrected chi connectivity index (χ0v) is 26.4. The molecule has 2 heterocycles. The second kappa shape index (κ2) is 12.4. The van der Waals surface area contributed by atoms with E-state index >= 15 is 0 Å². The van der Waals surface area contributed by atoms with E-state index in [0.717, 1.165) is 57.8 Å². The number of hydrogen-bond acceptors (Lipinski definition) is 11. The molecule has 4 aliphatic carbocycles. The topological polar surface area (TPSA) is 175 Å². The SMILES string of the molecule is CC(=O)[C@H]1CC[C@@]2(O)[C@@H]3CC[C@H]4C[C@@H](OC[C@@H]5O[C@H](OC[C@@H]6O[C@H](O)C[C@@H](O)[C@H]6O)C[C@@H](O)[C@H]5O)CC[C@]4(C)[C@H]3CC[C@]12C. The molecule has 0 amide bonds. The van der Waals surface area contributed by atoms with Gasteiger partial charge in [0.15, 0.2) is 12.6 Å². The van der Waals surface area contributed by atoms with Crippen molar-refractivity contribution in [2.75, 3.05) is 13.2 Å². The van der Waals surface area contributed by atoms with Crippen molar-refractivity contribution >= 4 is 5.78 Å². The Kier molecular flexibility index (Phi) is 9.33. The third-order valence-corrected chi connectivity index (χ3v) is 13.3. The van der Waals surface area contributed by atoms with Crippen molar-refractivity contribution in [2.24, 2.45) is 34.5 Å². The van der Waals surface area contributed by atoms with Gasteiger partial charge in [-0.3, -0.25) is 4.79 Å². The van der Waals surface area contributed by atoms with Gasteiger partial charge in [0.25, 0.3) is 0 Å². The van der Waals surface area contributed by atoms with Gasteiger partial charge < -0.3 is 49.6 Å². The third-order valence-electron chi connectivity index (χ3n) is 13.3. The Morgan fingerprint density at radius 1 is 0.773 bits per heavy atom. The number of rotatable bonds is 7. The molecule has 6 fully saturated rings. The molecule has 6 N–H and O–H groups in total. The van der Waals surface area contributed by atoms with Crippen LogP contribution >= 0.6 is 0 Å². The lowest BCUT2D eigenvalue weighted by atomic mass is 9.43. The zero-order chi connectivity index (χ0) is 31.6. The lowest BCUT2D eigenvalue weighted by Gasteiger charge is -2.63. The number of aliphatic hydroxyl groups is 6. The second-order valence-corrected chi connectivity index (χ2v) is 15.5. The molecular weight excluding hydrogens is 572 g/mol. The highest BCUT2D eigenvalue weighted by Crippen LogP contribution is 2.69. The van der Waals surface area contributed by atoms with Crippen LogP contribution in [0.25, 0.3) is 0 Å². The maximum atomic E-state index is 12.5. The summed E-state index contributed by atoms with van der Waals surface area (Å²) in [5, 5.41) is 63.2. The molecule has 0 bridgehead atoms. The fraction of sp³-hybridized carbons (Fsp3) is 0.970. The summed E-state index contributed by atoms with van der Waals surface area (Å²) < 4.78 is 23.3. The minimum atomic E-state index is -1.22. The number of carbonyl (C=O) groups excluding carboxylic acids is 1. The lowest BCUT2D eigenvalue weighted by molar-refractivity contribution is -0.289. The summed E-state index contributed by atoms with van der Waals surface area (Å²) in [6, 6.07) is 0. The van der Waals surface area contributed by atoms with E-state index in [4.69, 9.17) is 18.9 Å². The van der Waals surface area contributed by atoms with Gasteiger partial charge in [0.05, 0.1) is 37.1 Å². The molecule has 252 valence electrons. The number of fused-ring (bicyclic) bond motifs is 5. The van der Waals surface area contributed by atoms with Crippen LogP contribution in [0.5, 0.6) is 0 Å². The van der Waals surface area contributed by atoms with Gasteiger partial charge in [-0.15, -0.1) is 0 Å². The Hall–Kier alpha value is -0.730. The summed E-state index contributed by atoms with van der Waals surface area (Å²) in [6.07, 6.45) is -0.261. The Balaban J connectivity index is 1.03. The van der Waals surface area contributed by atoms with E-state index in [9.17, 15) is 35.4 Å². The average molecular weight is 627 g/mol. The van der Waals surface area contributed by atoms with Gasteiger partial charge in [-0.2, -0.15) is 0 Å². The Bertz CT molecular complexity index is 1040. The molecule has 44 heavy (non-hydrogen) atoms. The summed E-state index contributed by atoms with van der Waals surface area (Å²) >= 11 is 0. The molecule has 0 radical (unpaired) electrons. The smallest absolute Gasteiger partial charge is 0.160 e. The fourth-order valence-corrected chi connectivity index (χ4v) is 10.7. The van der Waals surface area contributed by atoms with Gasteiger partial charge in [-0.1, -0.05) is 13.8 Å². The number of Topliss-reactive ketones (excluding diaryl/α,β-unsaturated/α-hetero) is 1. The maximum absolute atomic E-state index is 12.5. The highest BCUT2D eigenvalue weighted by molar-refractivity contribution is 5.80. The molecule has 0 aromatic rings. The number of hydrogen-bond donors (Lipinski definition) is 6. The Morgan fingerprint density at radius 2 is 1.45 bits per heavy atom. The van der Waals surface area contributed by atoms with Crippen LogP contribution in [0, 0.1) is 34.5 Å². The minimum absolute atomic E-state index is 0.00172. The quantitative estimate of drug-likeness (QED) is 0.241. The molecule has 11 heteroatoms. The molecule has 11 nitrogen and oxygen atoms in total. The summed E-state index contributed by atoms with van der Waals surface area (Å²) in [5.41, 5.74) is -0.998. The highest BCUT2D eigenvalue weighted by atomic mass is 16.7. The predicted molar refractivity (Wildman–Crippen MR) is 156 cm³/mol. The van der Waals surface area contributed by atoms with Crippen LogP contribution in [0.2, 0.25) is 0 Å². The molecular formula is C33H54O11. The van der Waals surface area contributed by atoms with Crippen LogP contribution in [0.4, 0.5) is 0 Å². The Morgan fingerprint density at radius 3 is 2.18 bits per heavy atom. The molecule has 0 aromatic carbocycles. The van der Waals surface area contributed by atoms with Gasteiger partial charge in [-0.25, -0.2) is 0 Å². The largest absolute Gasteiger partial charge is 0.390 e. The van der Waals surface area contributed by atoms with Gasteiger partial charge in [-0.05, 0) is 87.9 Å². The predicted octanol–water partition coefficient (Wildman–Crippen LogP) is 1.42. The maximum Gasteiger partial charge on any atom is 0.160 e.